The van der Waals surface area contributed by atoms with Crippen molar-refractivity contribution in [3.63, 3.8) is 0 Å². The van der Waals surface area contributed by atoms with Gasteiger partial charge in [-0.3, -0.25) is 9.59 Å². The van der Waals surface area contributed by atoms with Gasteiger partial charge in [-0.05, 0) is 61.4 Å². The molecule has 0 unspecified atom stereocenters. The summed E-state index contributed by atoms with van der Waals surface area (Å²) >= 11 is 1.54. The molecule has 0 saturated heterocycles. The molecule has 0 atom stereocenters. The largest absolute Gasteiger partial charge is 0.497 e. The summed E-state index contributed by atoms with van der Waals surface area (Å²) in [6, 6.07) is 22.5. The number of ether oxygens (including phenoxy) is 1. The Bertz CT molecular complexity index is 1130. The summed E-state index contributed by atoms with van der Waals surface area (Å²) in [4.78, 5) is 24.6. The number of anilines is 1. The first-order valence-electron chi connectivity index (χ1n) is 10.5. The van der Waals surface area contributed by atoms with Crippen LogP contribution in [-0.4, -0.2) is 30.4 Å². The number of carbonyl (C=O) groups excluding carboxylic acids is 2. The van der Waals surface area contributed by atoms with Gasteiger partial charge in [0.25, 0.3) is 5.91 Å². The molecule has 2 amide bonds. The predicted octanol–water partition coefficient (Wildman–Crippen LogP) is 5.03. The van der Waals surface area contributed by atoms with Crippen LogP contribution in [0.4, 0.5) is 5.69 Å². The van der Waals surface area contributed by atoms with E-state index in [0.717, 1.165) is 11.3 Å². The van der Waals surface area contributed by atoms with Crippen LogP contribution in [0.5, 0.6) is 5.75 Å². The third kappa shape index (κ3) is 7.50. The Kier molecular flexibility index (Phi) is 8.66. The smallest absolute Gasteiger partial charge is 0.255 e. The van der Waals surface area contributed by atoms with E-state index in [2.05, 4.69) is 47.0 Å². The summed E-state index contributed by atoms with van der Waals surface area (Å²) in [5.41, 5.74) is 7.63. The van der Waals surface area contributed by atoms with E-state index in [1.807, 2.05) is 25.1 Å². The lowest BCUT2D eigenvalue weighted by molar-refractivity contribution is -0.118. The number of methoxy groups -OCH3 is 1. The van der Waals surface area contributed by atoms with Crippen molar-refractivity contribution in [2.75, 3.05) is 18.2 Å². The van der Waals surface area contributed by atoms with Gasteiger partial charge in [0.15, 0.2) is 0 Å². The maximum Gasteiger partial charge on any atom is 0.255 e. The molecule has 0 aliphatic heterocycles. The zero-order valence-electron chi connectivity index (χ0n) is 18.9. The van der Waals surface area contributed by atoms with E-state index in [1.165, 1.54) is 11.1 Å². The van der Waals surface area contributed by atoms with Crippen molar-refractivity contribution in [2.24, 2.45) is 5.10 Å². The SMILES string of the molecule is COc1ccc(C(=O)Nc2cccc(C(C)=NNC(=O)CSCc3ccc(C)cc3)c2)cc1. The summed E-state index contributed by atoms with van der Waals surface area (Å²) in [7, 11) is 1.58. The summed E-state index contributed by atoms with van der Waals surface area (Å²) in [5.74, 6) is 1.41. The first kappa shape index (κ1) is 24.1. The molecule has 7 heteroatoms. The highest BCUT2D eigenvalue weighted by atomic mass is 32.2. The van der Waals surface area contributed by atoms with Crippen LogP contribution in [0.15, 0.2) is 77.9 Å². The molecule has 33 heavy (non-hydrogen) atoms. The van der Waals surface area contributed by atoms with E-state index in [0.29, 0.717) is 28.5 Å². The van der Waals surface area contributed by atoms with E-state index in [9.17, 15) is 9.59 Å². The van der Waals surface area contributed by atoms with Crippen LogP contribution in [0.2, 0.25) is 0 Å². The number of nitrogens with one attached hydrogen (secondary N) is 2. The second-order valence-electron chi connectivity index (χ2n) is 7.47. The molecule has 3 aromatic carbocycles. The molecule has 170 valence electrons. The fourth-order valence-corrected chi connectivity index (χ4v) is 3.74. The van der Waals surface area contributed by atoms with Gasteiger partial charge in [-0.15, -0.1) is 11.8 Å². The number of hydrazone groups is 1. The highest BCUT2D eigenvalue weighted by molar-refractivity contribution is 7.99. The molecule has 0 aliphatic rings. The van der Waals surface area contributed by atoms with Gasteiger partial charge in [-0.25, -0.2) is 5.43 Å². The van der Waals surface area contributed by atoms with E-state index in [-0.39, 0.29) is 11.8 Å². The Hall–Kier alpha value is -3.58. The molecule has 3 rings (SSSR count). The lowest BCUT2D eigenvalue weighted by Gasteiger charge is -2.08. The van der Waals surface area contributed by atoms with Crippen molar-refractivity contribution in [1.82, 2.24) is 5.43 Å². The minimum absolute atomic E-state index is 0.157. The number of thioether (sulfide) groups is 1. The van der Waals surface area contributed by atoms with Crippen molar-refractivity contribution in [3.8, 4) is 5.75 Å². The van der Waals surface area contributed by atoms with Crippen LogP contribution >= 0.6 is 11.8 Å². The van der Waals surface area contributed by atoms with Gasteiger partial charge in [0.2, 0.25) is 5.91 Å². The third-order valence-electron chi connectivity index (χ3n) is 4.86. The fourth-order valence-electron chi connectivity index (χ4n) is 2.96. The first-order valence-corrected chi connectivity index (χ1v) is 11.6. The van der Waals surface area contributed by atoms with Crippen LogP contribution in [0.1, 0.15) is 34.0 Å². The molecule has 0 fully saturated rings. The molecule has 6 nitrogen and oxygen atoms in total. The molecular formula is C26H27N3O3S. The lowest BCUT2D eigenvalue weighted by Crippen LogP contribution is -2.21. The van der Waals surface area contributed by atoms with Gasteiger partial charge in [0, 0.05) is 17.0 Å². The number of carbonyl (C=O) groups is 2. The number of aryl methyl sites for hydroxylation is 1. The van der Waals surface area contributed by atoms with E-state index >= 15 is 0 Å². The maximum absolute atomic E-state index is 12.5. The molecule has 0 aromatic heterocycles. The molecule has 2 N–H and O–H groups in total. The van der Waals surface area contributed by atoms with Crippen LogP contribution in [-0.2, 0) is 10.5 Å². The van der Waals surface area contributed by atoms with E-state index in [4.69, 9.17) is 4.74 Å². The quantitative estimate of drug-likeness (QED) is 0.346. The number of hydrogen-bond acceptors (Lipinski definition) is 5. The molecule has 0 heterocycles. The monoisotopic (exact) mass is 461 g/mol. The zero-order chi connectivity index (χ0) is 23.6. The molecule has 0 spiro atoms. The highest BCUT2D eigenvalue weighted by Gasteiger charge is 2.08. The standard InChI is InChI=1S/C26H27N3O3S/c1-18-7-9-20(10-8-18)16-33-17-25(30)29-28-19(2)22-5-4-6-23(15-22)27-26(31)21-11-13-24(32-3)14-12-21/h4-15H,16-17H2,1-3H3,(H,27,31)(H,29,30). The number of benzene rings is 3. The average molecular weight is 462 g/mol. The summed E-state index contributed by atoms with van der Waals surface area (Å²) in [6.07, 6.45) is 0. The highest BCUT2D eigenvalue weighted by Crippen LogP contribution is 2.16. The second kappa shape index (κ2) is 11.9. The second-order valence-corrected chi connectivity index (χ2v) is 8.46. The van der Waals surface area contributed by atoms with Crippen molar-refractivity contribution >= 4 is 35.0 Å². The maximum atomic E-state index is 12.5. The lowest BCUT2D eigenvalue weighted by atomic mass is 10.1. The Balaban J connectivity index is 1.52. The minimum Gasteiger partial charge on any atom is -0.497 e. The van der Waals surface area contributed by atoms with Crippen LogP contribution in [0.3, 0.4) is 0 Å². The van der Waals surface area contributed by atoms with Gasteiger partial charge >= 0.3 is 0 Å². The normalized spacial score (nSPS) is 11.1. The van der Waals surface area contributed by atoms with E-state index in [1.54, 1.807) is 49.2 Å². The number of amides is 2. The molecule has 0 radical (unpaired) electrons. The summed E-state index contributed by atoms with van der Waals surface area (Å²) < 4.78 is 5.12. The Morgan fingerprint density at radius 3 is 2.39 bits per heavy atom. The summed E-state index contributed by atoms with van der Waals surface area (Å²) in [6.45, 7) is 3.86. The first-order chi connectivity index (χ1) is 15.9. The van der Waals surface area contributed by atoms with Crippen molar-refractivity contribution < 1.29 is 14.3 Å². The number of nitrogens with zero attached hydrogens (tertiary/aromatic N) is 1. The van der Waals surface area contributed by atoms with Gasteiger partial charge in [0.1, 0.15) is 5.75 Å². The van der Waals surface area contributed by atoms with Gasteiger partial charge in [0.05, 0.1) is 18.6 Å². The summed E-state index contributed by atoms with van der Waals surface area (Å²) in [5, 5.41) is 7.08. The van der Waals surface area contributed by atoms with Gasteiger partial charge < -0.3 is 10.1 Å². The van der Waals surface area contributed by atoms with Gasteiger partial charge in [-0.1, -0.05) is 42.0 Å². The Morgan fingerprint density at radius 2 is 1.70 bits per heavy atom. The predicted molar refractivity (Wildman–Crippen MR) is 135 cm³/mol. The zero-order valence-corrected chi connectivity index (χ0v) is 19.7. The van der Waals surface area contributed by atoms with Crippen LogP contribution < -0.4 is 15.5 Å². The minimum atomic E-state index is -0.219. The Labute approximate surface area is 198 Å². The van der Waals surface area contributed by atoms with Crippen LogP contribution in [0.25, 0.3) is 0 Å². The third-order valence-corrected chi connectivity index (χ3v) is 5.86. The fraction of sp³-hybridized carbons (Fsp3) is 0.192. The molecule has 0 aliphatic carbocycles. The van der Waals surface area contributed by atoms with Crippen LogP contribution in [0, 0.1) is 6.92 Å². The average Bonchev–Trinajstić information content (AvgIpc) is 2.84. The van der Waals surface area contributed by atoms with E-state index < -0.39 is 0 Å². The topological polar surface area (TPSA) is 79.8 Å². The van der Waals surface area contributed by atoms with Crippen molar-refractivity contribution in [1.29, 1.82) is 0 Å². The Morgan fingerprint density at radius 1 is 0.970 bits per heavy atom. The molecule has 3 aromatic rings. The van der Waals surface area contributed by atoms with Gasteiger partial charge in [-0.2, -0.15) is 5.10 Å². The number of rotatable bonds is 9. The molecular weight excluding hydrogens is 434 g/mol. The molecule has 0 saturated carbocycles. The molecule has 0 bridgehead atoms. The van der Waals surface area contributed by atoms with Crippen molar-refractivity contribution in [3.05, 3.63) is 95.1 Å². The number of hydrogen-bond donors (Lipinski definition) is 2. The van der Waals surface area contributed by atoms with Crippen molar-refractivity contribution in [2.45, 2.75) is 19.6 Å².